The van der Waals surface area contributed by atoms with Gasteiger partial charge in [0.1, 0.15) is 5.75 Å². The first-order valence-electron chi connectivity index (χ1n) is 6.69. The van der Waals surface area contributed by atoms with E-state index in [0.717, 1.165) is 37.2 Å². The van der Waals surface area contributed by atoms with Crippen LogP contribution in [0, 0.1) is 5.92 Å². The van der Waals surface area contributed by atoms with E-state index in [1.54, 1.807) is 7.11 Å². The topological polar surface area (TPSA) is 29.5 Å². The first kappa shape index (κ1) is 14.2. The third kappa shape index (κ3) is 3.87. The van der Waals surface area contributed by atoms with Gasteiger partial charge in [-0.3, -0.25) is 4.79 Å². The quantitative estimate of drug-likeness (QED) is 0.794. The summed E-state index contributed by atoms with van der Waals surface area (Å²) in [5, 5.41) is 0. The van der Waals surface area contributed by atoms with Gasteiger partial charge in [0.2, 0.25) is 5.91 Å². The molecule has 1 heterocycles. The highest BCUT2D eigenvalue weighted by Gasteiger charge is 2.22. The molecule has 0 aromatic heterocycles. The van der Waals surface area contributed by atoms with Crippen LogP contribution in [0.25, 0.3) is 0 Å². The lowest BCUT2D eigenvalue weighted by molar-refractivity contribution is -0.131. The van der Waals surface area contributed by atoms with E-state index >= 15 is 0 Å². The van der Waals surface area contributed by atoms with Crippen molar-refractivity contribution in [3.63, 3.8) is 0 Å². The Morgan fingerprint density at radius 2 is 2.16 bits per heavy atom. The molecule has 1 aliphatic rings. The van der Waals surface area contributed by atoms with Crippen LogP contribution in [-0.2, 0) is 11.2 Å². The van der Waals surface area contributed by atoms with E-state index < -0.39 is 0 Å². The average molecular weight is 282 g/mol. The lowest BCUT2D eigenvalue weighted by atomic mass is 9.98. The van der Waals surface area contributed by atoms with Crippen molar-refractivity contribution in [2.24, 2.45) is 5.92 Å². The van der Waals surface area contributed by atoms with E-state index in [1.165, 1.54) is 0 Å². The molecule has 1 fully saturated rings. The molecule has 0 unspecified atom stereocenters. The van der Waals surface area contributed by atoms with Crippen molar-refractivity contribution in [1.82, 2.24) is 4.90 Å². The van der Waals surface area contributed by atoms with Crippen molar-refractivity contribution in [3.8, 4) is 5.75 Å². The molecule has 2 rings (SSSR count). The van der Waals surface area contributed by atoms with Crippen LogP contribution in [0.15, 0.2) is 24.3 Å². The van der Waals surface area contributed by atoms with Crippen LogP contribution in [0.3, 0.4) is 0 Å². The number of nitrogens with zero attached hydrogens (tertiary/aromatic N) is 1. The smallest absolute Gasteiger partial charge is 0.226 e. The molecule has 0 saturated carbocycles. The fourth-order valence-electron chi connectivity index (χ4n) is 2.41. The number of piperidine rings is 1. The van der Waals surface area contributed by atoms with E-state index in [9.17, 15) is 4.79 Å². The lowest BCUT2D eigenvalue weighted by Crippen LogP contribution is -2.39. The summed E-state index contributed by atoms with van der Waals surface area (Å²) in [5.74, 6) is 2.27. The van der Waals surface area contributed by atoms with Crippen molar-refractivity contribution < 1.29 is 9.53 Å². The molecule has 19 heavy (non-hydrogen) atoms. The van der Waals surface area contributed by atoms with Gasteiger partial charge in [0.15, 0.2) is 0 Å². The first-order valence-corrected chi connectivity index (χ1v) is 7.23. The summed E-state index contributed by atoms with van der Waals surface area (Å²) >= 11 is 5.85. The van der Waals surface area contributed by atoms with Crippen LogP contribution >= 0.6 is 11.6 Å². The maximum absolute atomic E-state index is 12.2. The number of amides is 1. The minimum absolute atomic E-state index is 0.196. The molecule has 0 aliphatic carbocycles. The maximum Gasteiger partial charge on any atom is 0.226 e. The van der Waals surface area contributed by atoms with Gasteiger partial charge in [-0.1, -0.05) is 12.1 Å². The van der Waals surface area contributed by atoms with Gasteiger partial charge in [-0.15, -0.1) is 11.6 Å². The average Bonchev–Trinajstić information content (AvgIpc) is 2.47. The predicted octanol–water partition coefficient (Wildman–Crippen LogP) is 2.72. The van der Waals surface area contributed by atoms with Crippen LogP contribution in [0.1, 0.15) is 18.4 Å². The molecule has 1 amide bonds. The van der Waals surface area contributed by atoms with Gasteiger partial charge in [-0.2, -0.15) is 0 Å². The number of hydrogen-bond acceptors (Lipinski definition) is 2. The number of rotatable bonds is 4. The van der Waals surface area contributed by atoms with Crippen LogP contribution in [0.2, 0.25) is 0 Å². The van der Waals surface area contributed by atoms with Gasteiger partial charge in [0, 0.05) is 19.0 Å². The zero-order chi connectivity index (χ0) is 13.7. The van der Waals surface area contributed by atoms with Crippen molar-refractivity contribution in [2.45, 2.75) is 19.3 Å². The zero-order valence-electron chi connectivity index (χ0n) is 11.3. The molecule has 3 nitrogen and oxygen atoms in total. The molecule has 0 radical (unpaired) electrons. The van der Waals surface area contributed by atoms with E-state index in [1.807, 2.05) is 29.2 Å². The molecular formula is C15H20ClNO2. The van der Waals surface area contributed by atoms with Crippen molar-refractivity contribution in [1.29, 1.82) is 0 Å². The number of benzene rings is 1. The Bertz CT molecular complexity index is 428. The summed E-state index contributed by atoms with van der Waals surface area (Å²) < 4.78 is 5.17. The minimum Gasteiger partial charge on any atom is -0.497 e. The van der Waals surface area contributed by atoms with Gasteiger partial charge in [-0.05, 0) is 36.5 Å². The maximum atomic E-state index is 12.2. The standard InChI is InChI=1S/C15H20ClNO2/c1-19-14-4-2-3-13(9-14)10-15(18)17-7-5-12(11-16)6-8-17/h2-4,9,12H,5-8,10-11H2,1H3. The van der Waals surface area contributed by atoms with Gasteiger partial charge in [0.05, 0.1) is 13.5 Å². The second-order valence-electron chi connectivity index (χ2n) is 5.01. The number of halogens is 1. The Hall–Kier alpha value is -1.22. The molecule has 0 bridgehead atoms. The predicted molar refractivity (Wildman–Crippen MR) is 76.7 cm³/mol. The van der Waals surface area contributed by atoms with Crippen LogP contribution in [0.5, 0.6) is 5.75 Å². The number of methoxy groups -OCH3 is 1. The molecule has 1 saturated heterocycles. The fraction of sp³-hybridized carbons (Fsp3) is 0.533. The Morgan fingerprint density at radius 3 is 2.79 bits per heavy atom. The summed E-state index contributed by atoms with van der Waals surface area (Å²) in [4.78, 5) is 14.2. The minimum atomic E-state index is 0.196. The van der Waals surface area contributed by atoms with Gasteiger partial charge in [0.25, 0.3) is 0 Å². The van der Waals surface area contributed by atoms with E-state index in [-0.39, 0.29) is 5.91 Å². The van der Waals surface area contributed by atoms with Crippen molar-refractivity contribution in [2.75, 3.05) is 26.1 Å². The summed E-state index contributed by atoms with van der Waals surface area (Å²) in [6.07, 6.45) is 2.49. The molecule has 1 aromatic rings. The number of ether oxygens (including phenoxy) is 1. The normalized spacial score (nSPS) is 16.4. The summed E-state index contributed by atoms with van der Waals surface area (Å²) in [6.45, 7) is 1.67. The molecule has 4 heteroatoms. The molecule has 1 aromatic carbocycles. The molecule has 0 N–H and O–H groups in total. The van der Waals surface area contributed by atoms with Gasteiger partial charge >= 0.3 is 0 Å². The van der Waals surface area contributed by atoms with E-state index in [4.69, 9.17) is 16.3 Å². The zero-order valence-corrected chi connectivity index (χ0v) is 12.0. The van der Waals surface area contributed by atoms with E-state index in [0.29, 0.717) is 18.2 Å². The molecule has 1 aliphatic heterocycles. The monoisotopic (exact) mass is 281 g/mol. The summed E-state index contributed by atoms with van der Waals surface area (Å²) in [6, 6.07) is 7.69. The molecule has 0 spiro atoms. The second-order valence-corrected chi connectivity index (χ2v) is 5.32. The van der Waals surface area contributed by atoms with Gasteiger partial charge in [-0.25, -0.2) is 0 Å². The third-order valence-electron chi connectivity index (χ3n) is 3.67. The molecule has 0 atom stereocenters. The molecular weight excluding hydrogens is 262 g/mol. The Labute approximate surface area is 119 Å². The van der Waals surface area contributed by atoms with Crippen LogP contribution in [-0.4, -0.2) is 36.9 Å². The number of carbonyl (C=O) groups excluding carboxylic acids is 1. The molecule has 104 valence electrons. The third-order valence-corrected chi connectivity index (χ3v) is 4.11. The Kier molecular flexibility index (Phi) is 5.08. The Balaban J connectivity index is 1.90. The summed E-state index contributed by atoms with van der Waals surface area (Å²) in [7, 11) is 1.64. The van der Waals surface area contributed by atoms with Crippen LogP contribution < -0.4 is 4.74 Å². The number of alkyl halides is 1. The fourth-order valence-corrected chi connectivity index (χ4v) is 2.71. The largest absolute Gasteiger partial charge is 0.497 e. The number of hydrogen-bond donors (Lipinski definition) is 0. The van der Waals surface area contributed by atoms with Crippen LogP contribution in [0.4, 0.5) is 0 Å². The SMILES string of the molecule is COc1cccc(CC(=O)N2CCC(CCl)CC2)c1. The first-order chi connectivity index (χ1) is 9.22. The summed E-state index contributed by atoms with van der Waals surface area (Å²) in [5.41, 5.74) is 1.00. The Morgan fingerprint density at radius 1 is 1.42 bits per heavy atom. The van der Waals surface area contributed by atoms with Crippen molar-refractivity contribution in [3.05, 3.63) is 29.8 Å². The highest BCUT2D eigenvalue weighted by molar-refractivity contribution is 6.18. The van der Waals surface area contributed by atoms with Gasteiger partial charge < -0.3 is 9.64 Å². The van der Waals surface area contributed by atoms with Crippen molar-refractivity contribution >= 4 is 17.5 Å². The number of carbonyl (C=O) groups is 1. The van der Waals surface area contributed by atoms with E-state index in [2.05, 4.69) is 0 Å². The highest BCUT2D eigenvalue weighted by Crippen LogP contribution is 2.20. The number of likely N-dealkylation sites (tertiary alicyclic amines) is 1. The highest BCUT2D eigenvalue weighted by atomic mass is 35.5. The lowest BCUT2D eigenvalue weighted by Gasteiger charge is -2.31. The second kappa shape index (κ2) is 6.80.